The molecule has 4 heterocycles. The highest BCUT2D eigenvalue weighted by Gasteiger charge is 2.28. The van der Waals surface area contributed by atoms with E-state index in [9.17, 15) is 9.59 Å². The number of esters is 1. The van der Waals surface area contributed by atoms with E-state index in [0.29, 0.717) is 35.7 Å². The Bertz CT molecular complexity index is 1620. The molecule has 0 radical (unpaired) electrons. The molecular formula is C30H36N8O4. The third-order valence-corrected chi connectivity index (χ3v) is 7.17. The Kier molecular flexibility index (Phi) is 7.97. The zero-order chi connectivity index (χ0) is 30.0. The van der Waals surface area contributed by atoms with Crippen LogP contribution in [0.25, 0.3) is 22.3 Å². The first kappa shape index (κ1) is 28.8. The molecular weight excluding hydrogens is 536 g/mol. The number of aryl methyl sites for hydroxylation is 1. The van der Waals surface area contributed by atoms with E-state index >= 15 is 0 Å². The number of carbonyl (C=O) groups excluding carboxylic acids is 2. The molecule has 0 atom stereocenters. The van der Waals surface area contributed by atoms with E-state index in [0.717, 1.165) is 29.6 Å². The Morgan fingerprint density at radius 1 is 1.07 bits per heavy atom. The number of benzene rings is 1. The minimum Gasteiger partial charge on any atom is -0.464 e. The first-order chi connectivity index (χ1) is 20.1. The van der Waals surface area contributed by atoms with Gasteiger partial charge in [-0.1, -0.05) is 12.1 Å². The van der Waals surface area contributed by atoms with Gasteiger partial charge in [-0.05, 0) is 57.2 Å². The second-order valence-electron chi connectivity index (χ2n) is 11.3. The maximum Gasteiger partial charge on any atom is 0.410 e. The van der Waals surface area contributed by atoms with Crippen LogP contribution in [0.5, 0.6) is 0 Å². The average Bonchev–Trinajstić information content (AvgIpc) is 3.36. The van der Waals surface area contributed by atoms with E-state index in [2.05, 4.69) is 26.7 Å². The van der Waals surface area contributed by atoms with E-state index in [4.69, 9.17) is 19.4 Å². The van der Waals surface area contributed by atoms with Crippen LogP contribution in [-0.2, 0) is 16.5 Å². The van der Waals surface area contributed by atoms with Gasteiger partial charge < -0.3 is 29.6 Å². The maximum absolute atomic E-state index is 12.9. The lowest BCUT2D eigenvalue weighted by molar-refractivity contribution is 0.0204. The largest absolute Gasteiger partial charge is 0.464 e. The van der Waals surface area contributed by atoms with Crippen molar-refractivity contribution in [2.75, 3.05) is 37.9 Å². The fourth-order valence-electron chi connectivity index (χ4n) is 5.07. The normalized spacial score (nSPS) is 14.1. The summed E-state index contributed by atoms with van der Waals surface area (Å²) in [6, 6.07) is 7.99. The minimum atomic E-state index is -0.624. The molecule has 1 amide bonds. The molecule has 3 aromatic heterocycles. The fourth-order valence-corrected chi connectivity index (χ4v) is 5.07. The van der Waals surface area contributed by atoms with E-state index < -0.39 is 11.6 Å². The number of pyridine rings is 1. The predicted molar refractivity (Wildman–Crippen MR) is 160 cm³/mol. The minimum absolute atomic E-state index is 0.0375. The van der Waals surface area contributed by atoms with Crippen LogP contribution in [-0.4, -0.2) is 74.3 Å². The second-order valence-corrected chi connectivity index (χ2v) is 11.3. The molecule has 0 saturated carbocycles. The van der Waals surface area contributed by atoms with Crippen molar-refractivity contribution < 1.29 is 19.1 Å². The summed E-state index contributed by atoms with van der Waals surface area (Å²) in [7, 11) is 4.94. The summed E-state index contributed by atoms with van der Waals surface area (Å²) in [6.45, 7) is 6.87. The molecule has 4 aromatic rings. The van der Waals surface area contributed by atoms with Crippen molar-refractivity contribution in [1.29, 1.82) is 0 Å². The van der Waals surface area contributed by atoms with E-state index in [1.807, 2.05) is 50.6 Å². The van der Waals surface area contributed by atoms with Gasteiger partial charge in [0.1, 0.15) is 16.8 Å². The molecule has 220 valence electrons. The van der Waals surface area contributed by atoms with Crippen molar-refractivity contribution in [3.05, 3.63) is 54.2 Å². The van der Waals surface area contributed by atoms with E-state index in [1.54, 1.807) is 30.7 Å². The Morgan fingerprint density at radius 2 is 1.83 bits per heavy atom. The number of nitrogens with zero attached hydrogens (tertiary/aromatic N) is 6. The number of hydrogen-bond acceptors (Lipinski definition) is 10. The lowest BCUT2D eigenvalue weighted by Crippen LogP contribution is -2.41. The smallest absolute Gasteiger partial charge is 0.410 e. The Balaban J connectivity index is 1.41. The topological polar surface area (TPSA) is 136 Å². The molecule has 0 unspecified atom stereocenters. The van der Waals surface area contributed by atoms with Crippen LogP contribution in [0.1, 0.15) is 55.6 Å². The number of carbonyl (C=O) groups is 2. The van der Waals surface area contributed by atoms with Crippen molar-refractivity contribution in [2.45, 2.75) is 45.1 Å². The molecule has 42 heavy (non-hydrogen) atoms. The third kappa shape index (κ3) is 5.97. The number of fused-ring (bicyclic) bond motifs is 1. The van der Waals surface area contributed by atoms with Gasteiger partial charge in [0.25, 0.3) is 0 Å². The number of aromatic nitrogens is 5. The molecule has 12 nitrogen and oxygen atoms in total. The van der Waals surface area contributed by atoms with Crippen LogP contribution >= 0.6 is 0 Å². The van der Waals surface area contributed by atoms with Crippen LogP contribution in [0.15, 0.2) is 43.0 Å². The number of hydrogen-bond donors (Lipinski definition) is 2. The van der Waals surface area contributed by atoms with Crippen LogP contribution < -0.4 is 10.6 Å². The summed E-state index contributed by atoms with van der Waals surface area (Å²) in [4.78, 5) is 45.5. The lowest BCUT2D eigenvalue weighted by Gasteiger charge is -2.33. The third-order valence-electron chi connectivity index (χ3n) is 7.17. The molecule has 2 N–H and O–H groups in total. The highest BCUT2D eigenvalue weighted by atomic mass is 16.6. The number of imidazole rings is 1. The summed E-state index contributed by atoms with van der Waals surface area (Å²) in [5.74, 6) is 0.364. The highest BCUT2D eigenvalue weighted by molar-refractivity contribution is 5.98. The molecule has 0 spiro atoms. The number of amides is 1. The van der Waals surface area contributed by atoms with Crippen LogP contribution in [0.3, 0.4) is 0 Å². The summed E-state index contributed by atoms with van der Waals surface area (Å²) < 4.78 is 12.5. The first-order valence-electron chi connectivity index (χ1n) is 13.9. The number of ether oxygens (including phenoxy) is 2. The average molecular weight is 573 g/mol. The lowest BCUT2D eigenvalue weighted by atomic mass is 9.89. The quantitative estimate of drug-likeness (QED) is 0.300. The zero-order valence-corrected chi connectivity index (χ0v) is 24.8. The summed E-state index contributed by atoms with van der Waals surface area (Å²) >= 11 is 0. The van der Waals surface area contributed by atoms with Gasteiger partial charge in [0, 0.05) is 39.1 Å². The standard InChI is InChI=1S/C30H36N8O4/c1-30(2,3)42-29(40)38-12-10-18(11-13-38)19-8-7-9-20(14-19)34-27-25(28(39)41-6)35-24(26(31-4)36-27)21-15-32-16-22-23(21)33-17-37(22)5/h7-9,14-18H,10-13H2,1-6H3,(H2,31,34,36). The van der Waals surface area contributed by atoms with Gasteiger partial charge in [-0.25, -0.2) is 24.5 Å². The molecule has 5 rings (SSSR count). The molecule has 1 aliphatic heterocycles. The Labute approximate surface area is 244 Å². The van der Waals surface area contributed by atoms with Gasteiger partial charge >= 0.3 is 12.1 Å². The van der Waals surface area contributed by atoms with Crippen molar-refractivity contribution in [3.63, 3.8) is 0 Å². The SMILES string of the molecule is CNc1nc(Nc2cccc(C3CCN(C(=O)OC(C)(C)C)CC3)c2)c(C(=O)OC)nc1-c1cncc2c1ncn2C. The van der Waals surface area contributed by atoms with Gasteiger partial charge in [-0.15, -0.1) is 0 Å². The van der Waals surface area contributed by atoms with Crippen LogP contribution in [0.4, 0.5) is 22.1 Å². The van der Waals surface area contributed by atoms with E-state index in [1.165, 1.54) is 7.11 Å². The van der Waals surface area contributed by atoms with Gasteiger partial charge in [0.05, 0.1) is 30.7 Å². The Morgan fingerprint density at radius 3 is 2.52 bits per heavy atom. The number of rotatable bonds is 6. The summed E-state index contributed by atoms with van der Waals surface area (Å²) in [5.41, 5.74) is 4.00. The van der Waals surface area contributed by atoms with Crippen molar-refractivity contribution in [2.24, 2.45) is 7.05 Å². The van der Waals surface area contributed by atoms with Gasteiger partial charge in [0.15, 0.2) is 17.3 Å². The van der Waals surface area contributed by atoms with Crippen LogP contribution in [0.2, 0.25) is 0 Å². The molecule has 1 aromatic carbocycles. The number of nitrogens with one attached hydrogen (secondary N) is 2. The molecule has 0 bridgehead atoms. The Hall–Kier alpha value is -4.74. The summed E-state index contributed by atoms with van der Waals surface area (Å²) in [5, 5.41) is 6.38. The fraction of sp³-hybridized carbons (Fsp3) is 0.400. The number of methoxy groups -OCH3 is 1. The van der Waals surface area contributed by atoms with Gasteiger partial charge in [-0.2, -0.15) is 0 Å². The maximum atomic E-state index is 12.9. The number of piperidine rings is 1. The monoisotopic (exact) mass is 572 g/mol. The highest BCUT2D eigenvalue weighted by Crippen LogP contribution is 2.34. The molecule has 12 heteroatoms. The molecule has 1 saturated heterocycles. The molecule has 1 fully saturated rings. The van der Waals surface area contributed by atoms with Crippen molar-refractivity contribution in [1.82, 2.24) is 29.4 Å². The zero-order valence-electron chi connectivity index (χ0n) is 24.8. The molecule has 1 aliphatic rings. The summed E-state index contributed by atoms with van der Waals surface area (Å²) in [6.07, 6.45) is 6.46. The predicted octanol–water partition coefficient (Wildman–Crippen LogP) is 5.11. The second kappa shape index (κ2) is 11.6. The number of anilines is 3. The first-order valence-corrected chi connectivity index (χ1v) is 13.9. The number of likely N-dealkylation sites (tertiary alicyclic amines) is 1. The van der Waals surface area contributed by atoms with E-state index in [-0.39, 0.29) is 23.5 Å². The van der Waals surface area contributed by atoms with Crippen molar-refractivity contribution in [3.8, 4) is 11.3 Å². The van der Waals surface area contributed by atoms with Gasteiger partial charge in [0.2, 0.25) is 0 Å². The van der Waals surface area contributed by atoms with Gasteiger partial charge in [-0.3, -0.25) is 4.98 Å². The van der Waals surface area contributed by atoms with Crippen LogP contribution in [0, 0.1) is 0 Å². The van der Waals surface area contributed by atoms with Crippen molar-refractivity contribution >= 4 is 40.4 Å². The molecule has 0 aliphatic carbocycles.